The van der Waals surface area contributed by atoms with E-state index in [2.05, 4.69) is 48.9 Å². The first-order chi connectivity index (χ1) is 23.9. The second-order valence-corrected chi connectivity index (χ2v) is 14.6. The number of anilines is 2. The van der Waals surface area contributed by atoms with E-state index in [4.69, 9.17) is 0 Å². The Balaban J connectivity index is 1.16. The number of aromatic nitrogens is 4. The van der Waals surface area contributed by atoms with Crippen molar-refractivity contribution in [2.24, 2.45) is 0 Å². The van der Waals surface area contributed by atoms with E-state index in [0.717, 1.165) is 60.8 Å². The van der Waals surface area contributed by atoms with Crippen LogP contribution in [0.2, 0.25) is 0 Å². The number of benzene rings is 1. The average Bonchev–Trinajstić information content (AvgIpc) is 3.50. The van der Waals surface area contributed by atoms with Gasteiger partial charge in [-0.15, -0.1) is 11.3 Å². The number of carbonyl (C=O) groups is 1. The van der Waals surface area contributed by atoms with Gasteiger partial charge in [0, 0.05) is 43.5 Å². The molecule has 1 aromatic carbocycles. The predicted molar refractivity (Wildman–Crippen MR) is 200 cm³/mol. The van der Waals surface area contributed by atoms with Gasteiger partial charge < -0.3 is 10.2 Å². The summed E-state index contributed by atoms with van der Waals surface area (Å²) in [6.07, 6.45) is 19.4. The van der Waals surface area contributed by atoms with Crippen molar-refractivity contribution in [3.05, 3.63) is 59.1 Å². The van der Waals surface area contributed by atoms with Crippen LogP contribution in [-0.2, 0) is 0 Å². The van der Waals surface area contributed by atoms with Gasteiger partial charge in [-0.05, 0) is 44.2 Å². The van der Waals surface area contributed by atoms with Crippen molar-refractivity contribution < 1.29 is 9.18 Å². The van der Waals surface area contributed by atoms with Gasteiger partial charge in [0.25, 0.3) is 0 Å². The predicted octanol–water partition coefficient (Wildman–Crippen LogP) is 9.62. The Morgan fingerprint density at radius 3 is 2.20 bits per heavy atom. The molecule has 0 radical (unpaired) electrons. The molecule has 3 aromatic heterocycles. The monoisotopic (exact) mass is 687 g/mol. The van der Waals surface area contributed by atoms with E-state index in [1.807, 2.05) is 31.2 Å². The van der Waals surface area contributed by atoms with Crippen molar-refractivity contribution >= 4 is 39.1 Å². The second kappa shape index (κ2) is 19.2. The molecule has 1 aliphatic heterocycles. The Morgan fingerprint density at radius 2 is 1.55 bits per heavy atom. The molecule has 5 rings (SSSR count). The SMILES string of the molecule is CCCCCCCCCCCCCCC(C(=O)c1ccc(Nc2ncc(F)c(-c3ccc4nc(C)sc4c3)n2)nc1)N1CCN(CC)CC1. The van der Waals surface area contributed by atoms with E-state index >= 15 is 0 Å². The molecular formula is C39H54FN7OS. The van der Waals surface area contributed by atoms with Crippen LogP contribution in [0.5, 0.6) is 0 Å². The number of aryl methyl sites for hydroxylation is 1. The number of hydrogen-bond acceptors (Lipinski definition) is 9. The molecule has 4 heterocycles. The summed E-state index contributed by atoms with van der Waals surface area (Å²) in [5.74, 6) is 0.374. The number of ketones is 1. The van der Waals surface area contributed by atoms with E-state index in [9.17, 15) is 9.18 Å². The highest BCUT2D eigenvalue weighted by Gasteiger charge is 2.29. The quantitative estimate of drug-likeness (QED) is 0.0726. The summed E-state index contributed by atoms with van der Waals surface area (Å²) in [6.45, 7) is 11.3. The third kappa shape index (κ3) is 10.8. The molecule has 0 spiro atoms. The topological polar surface area (TPSA) is 87.1 Å². The summed E-state index contributed by atoms with van der Waals surface area (Å²) in [7, 11) is 0. The highest BCUT2D eigenvalue weighted by molar-refractivity contribution is 7.18. The summed E-state index contributed by atoms with van der Waals surface area (Å²) in [5.41, 5.74) is 2.37. The number of Topliss-reactive ketones (excluding diaryl/α,β-unsaturated/α-hetero) is 1. The zero-order valence-electron chi connectivity index (χ0n) is 29.7. The molecule has 8 nitrogen and oxygen atoms in total. The molecule has 1 unspecified atom stereocenters. The number of hydrogen-bond donors (Lipinski definition) is 1. The Bertz CT molecular complexity index is 1600. The smallest absolute Gasteiger partial charge is 0.229 e. The van der Waals surface area contributed by atoms with E-state index in [1.54, 1.807) is 23.6 Å². The molecule has 0 bridgehead atoms. The van der Waals surface area contributed by atoms with Gasteiger partial charge in [0.1, 0.15) is 11.5 Å². The normalized spacial score (nSPS) is 14.8. The number of piperazine rings is 1. The zero-order chi connectivity index (χ0) is 34.4. The molecule has 1 atom stereocenters. The molecular weight excluding hydrogens is 634 g/mol. The Morgan fingerprint density at radius 1 is 0.857 bits per heavy atom. The van der Waals surface area contributed by atoms with E-state index < -0.39 is 5.82 Å². The van der Waals surface area contributed by atoms with Crippen LogP contribution in [0.4, 0.5) is 16.2 Å². The summed E-state index contributed by atoms with van der Waals surface area (Å²) >= 11 is 1.57. The molecule has 1 N–H and O–H groups in total. The molecule has 4 aromatic rings. The Labute approximate surface area is 296 Å². The average molecular weight is 688 g/mol. The van der Waals surface area contributed by atoms with Gasteiger partial charge in [-0.1, -0.05) is 97.0 Å². The summed E-state index contributed by atoms with van der Waals surface area (Å²) in [6, 6.07) is 9.09. The lowest BCUT2D eigenvalue weighted by atomic mass is 9.97. The lowest BCUT2D eigenvalue weighted by Crippen LogP contribution is -2.52. The van der Waals surface area contributed by atoms with Gasteiger partial charge in [-0.2, -0.15) is 0 Å². The fourth-order valence-corrected chi connectivity index (χ4v) is 7.65. The maximum atomic E-state index is 14.8. The number of nitrogens with zero attached hydrogens (tertiary/aromatic N) is 6. The van der Waals surface area contributed by atoms with Gasteiger partial charge in [0.2, 0.25) is 5.95 Å². The summed E-state index contributed by atoms with van der Waals surface area (Å²) in [4.78, 5) is 36.4. The first-order valence-corrected chi connectivity index (χ1v) is 19.4. The fourth-order valence-electron chi connectivity index (χ4n) is 6.79. The van der Waals surface area contributed by atoms with Crippen LogP contribution in [0.25, 0.3) is 21.5 Å². The van der Waals surface area contributed by atoms with Crippen LogP contribution >= 0.6 is 11.3 Å². The van der Waals surface area contributed by atoms with E-state index in [-0.39, 0.29) is 23.5 Å². The third-order valence-electron chi connectivity index (χ3n) is 9.73. The number of likely N-dealkylation sites (N-methyl/N-ethyl adjacent to an activating group) is 1. The minimum absolute atomic E-state index is 0.134. The van der Waals surface area contributed by atoms with Crippen LogP contribution < -0.4 is 5.32 Å². The van der Waals surface area contributed by atoms with Gasteiger partial charge in [-0.3, -0.25) is 9.69 Å². The lowest BCUT2D eigenvalue weighted by Gasteiger charge is -2.38. The first kappa shape index (κ1) is 36.9. The molecule has 1 saturated heterocycles. The number of rotatable bonds is 20. The minimum atomic E-state index is -0.501. The largest absolute Gasteiger partial charge is 0.309 e. The van der Waals surface area contributed by atoms with Crippen LogP contribution in [0.15, 0.2) is 42.7 Å². The minimum Gasteiger partial charge on any atom is -0.309 e. The van der Waals surface area contributed by atoms with Crippen LogP contribution in [0.3, 0.4) is 0 Å². The van der Waals surface area contributed by atoms with Crippen molar-refractivity contribution in [2.75, 3.05) is 38.0 Å². The number of unbranched alkanes of at least 4 members (excludes halogenated alkanes) is 11. The van der Waals surface area contributed by atoms with Crippen molar-refractivity contribution in [1.82, 2.24) is 29.7 Å². The Hall–Kier alpha value is -3.34. The van der Waals surface area contributed by atoms with Gasteiger partial charge in [0.15, 0.2) is 11.6 Å². The van der Waals surface area contributed by atoms with Crippen molar-refractivity contribution in [1.29, 1.82) is 0 Å². The second-order valence-electron chi connectivity index (χ2n) is 13.4. The Kier molecular flexibility index (Phi) is 14.4. The summed E-state index contributed by atoms with van der Waals surface area (Å²) in [5, 5.41) is 4.05. The van der Waals surface area contributed by atoms with Gasteiger partial charge in [0.05, 0.1) is 27.5 Å². The lowest BCUT2D eigenvalue weighted by molar-refractivity contribution is 0.0651. The highest BCUT2D eigenvalue weighted by Crippen LogP contribution is 2.29. The van der Waals surface area contributed by atoms with E-state index in [0.29, 0.717) is 16.9 Å². The van der Waals surface area contributed by atoms with Crippen molar-refractivity contribution in [2.45, 2.75) is 110 Å². The highest BCUT2D eigenvalue weighted by atomic mass is 32.1. The van der Waals surface area contributed by atoms with Gasteiger partial charge in [-0.25, -0.2) is 24.3 Å². The van der Waals surface area contributed by atoms with E-state index in [1.165, 1.54) is 76.8 Å². The standard InChI is InChI=1S/C39H54FN7OS/c1-4-6-7-8-9-10-11-12-13-14-15-16-17-34(47-24-22-46(5-2)23-25-47)38(48)31-19-21-36(41-27-31)44-39-42-28-32(40)37(45-39)30-18-20-33-35(26-30)49-29(3)43-33/h18-21,26-28,34H,4-17,22-25H2,1-3H3,(H,41,42,44,45). The number of fused-ring (bicyclic) bond motifs is 1. The molecule has 0 aliphatic carbocycles. The van der Waals surface area contributed by atoms with Crippen molar-refractivity contribution in [3.63, 3.8) is 0 Å². The number of thiazole rings is 1. The van der Waals surface area contributed by atoms with Crippen LogP contribution in [0, 0.1) is 12.7 Å². The third-order valence-corrected chi connectivity index (χ3v) is 10.7. The molecule has 1 fully saturated rings. The fraction of sp³-hybridized carbons (Fsp3) is 0.564. The number of carbonyl (C=O) groups excluding carboxylic acids is 1. The van der Waals surface area contributed by atoms with Crippen LogP contribution in [-0.4, -0.2) is 74.3 Å². The molecule has 49 heavy (non-hydrogen) atoms. The number of pyridine rings is 1. The molecule has 1 aliphatic rings. The first-order valence-electron chi connectivity index (χ1n) is 18.6. The molecule has 10 heteroatoms. The van der Waals surface area contributed by atoms with Crippen LogP contribution in [0.1, 0.15) is 113 Å². The molecule has 264 valence electrons. The number of nitrogens with one attached hydrogen (secondary N) is 1. The summed E-state index contributed by atoms with van der Waals surface area (Å²) < 4.78 is 15.8. The maximum Gasteiger partial charge on any atom is 0.229 e. The zero-order valence-corrected chi connectivity index (χ0v) is 30.5. The molecule has 0 saturated carbocycles. The number of halogens is 1. The molecule has 0 amide bonds. The van der Waals surface area contributed by atoms with Gasteiger partial charge >= 0.3 is 0 Å². The maximum absolute atomic E-state index is 14.8. The van der Waals surface area contributed by atoms with Crippen molar-refractivity contribution in [3.8, 4) is 11.3 Å².